The van der Waals surface area contributed by atoms with Gasteiger partial charge in [-0.3, -0.25) is 9.59 Å². The van der Waals surface area contributed by atoms with Crippen molar-refractivity contribution in [3.8, 4) is 5.69 Å². The molecule has 1 aromatic carbocycles. The van der Waals surface area contributed by atoms with Gasteiger partial charge in [0.2, 0.25) is 11.8 Å². The Hall–Kier alpha value is -2.70. The normalized spacial score (nSPS) is 17.0. The maximum Gasteiger partial charge on any atom is 0.225 e. The summed E-state index contributed by atoms with van der Waals surface area (Å²) in [5, 5.41) is 4.53. The summed E-state index contributed by atoms with van der Waals surface area (Å²) in [6.07, 6.45) is 6.98. The molecule has 1 saturated heterocycles. The highest BCUT2D eigenvalue weighted by molar-refractivity contribution is 5.76. The van der Waals surface area contributed by atoms with Gasteiger partial charge in [0, 0.05) is 13.0 Å². The van der Waals surface area contributed by atoms with Crippen LogP contribution in [0.5, 0.6) is 0 Å². The molecule has 0 saturated carbocycles. The van der Waals surface area contributed by atoms with Gasteiger partial charge in [-0.15, -0.1) is 0 Å². The molecule has 4 rings (SSSR count). The van der Waals surface area contributed by atoms with Crippen LogP contribution in [0.4, 0.5) is 0 Å². The molecule has 1 aliphatic carbocycles. The van der Waals surface area contributed by atoms with Crippen molar-refractivity contribution in [2.24, 2.45) is 5.73 Å². The summed E-state index contributed by atoms with van der Waals surface area (Å²) in [4.78, 5) is 30.1. The molecular weight excluding hydrogens is 342 g/mol. The quantitative estimate of drug-likeness (QED) is 0.870. The third-order valence-electron chi connectivity index (χ3n) is 5.38. The number of nitrogens with two attached hydrogens (primary N) is 1. The molecule has 2 N–H and O–H groups in total. The van der Waals surface area contributed by atoms with E-state index in [1.807, 2.05) is 11.0 Å². The second-order valence-corrected chi connectivity index (χ2v) is 7.43. The fraction of sp³-hybridized carbons (Fsp3) is 0.500. The Morgan fingerprint density at radius 1 is 1.07 bits per heavy atom. The molecule has 2 heterocycles. The lowest BCUT2D eigenvalue weighted by molar-refractivity contribution is -0.131. The van der Waals surface area contributed by atoms with Gasteiger partial charge in [0.15, 0.2) is 11.6 Å². The lowest BCUT2D eigenvalue weighted by Gasteiger charge is -2.20. The molecule has 0 atom stereocenters. The van der Waals surface area contributed by atoms with Gasteiger partial charge in [-0.25, -0.2) is 9.67 Å². The first-order chi connectivity index (χ1) is 13.1. The molecular formula is C20H25N5O2. The Labute approximate surface area is 158 Å². The molecule has 0 unspecified atom stereocenters. The van der Waals surface area contributed by atoms with Crippen molar-refractivity contribution < 1.29 is 9.59 Å². The zero-order valence-corrected chi connectivity index (χ0v) is 15.5. The highest BCUT2D eigenvalue weighted by Crippen LogP contribution is 2.25. The third kappa shape index (κ3) is 3.86. The Morgan fingerprint density at radius 2 is 1.93 bits per heavy atom. The molecule has 27 heavy (non-hydrogen) atoms. The number of benzene rings is 1. The van der Waals surface area contributed by atoms with Crippen LogP contribution < -0.4 is 5.73 Å². The van der Waals surface area contributed by atoms with Crippen LogP contribution >= 0.6 is 0 Å². The minimum absolute atomic E-state index is 0.00110. The first kappa shape index (κ1) is 17.7. The molecule has 0 bridgehead atoms. The van der Waals surface area contributed by atoms with Crippen molar-refractivity contribution in [3.05, 3.63) is 41.0 Å². The molecule has 2 aromatic rings. The van der Waals surface area contributed by atoms with E-state index in [0.717, 1.165) is 44.3 Å². The first-order valence-electron chi connectivity index (χ1n) is 9.73. The average Bonchev–Trinajstić information content (AvgIpc) is 3.20. The maximum absolute atomic E-state index is 12.4. The highest BCUT2D eigenvalue weighted by Gasteiger charge is 2.22. The molecule has 2 amide bonds. The summed E-state index contributed by atoms with van der Waals surface area (Å²) in [7, 11) is 0. The molecule has 1 aromatic heterocycles. The van der Waals surface area contributed by atoms with E-state index in [2.05, 4.69) is 22.2 Å². The van der Waals surface area contributed by atoms with E-state index in [9.17, 15) is 9.59 Å². The van der Waals surface area contributed by atoms with E-state index >= 15 is 0 Å². The summed E-state index contributed by atoms with van der Waals surface area (Å²) < 4.78 is 1.77. The number of aromatic nitrogens is 3. The van der Waals surface area contributed by atoms with Crippen molar-refractivity contribution in [2.45, 2.75) is 57.9 Å². The van der Waals surface area contributed by atoms with Crippen LogP contribution in [-0.2, 0) is 35.4 Å². The van der Waals surface area contributed by atoms with E-state index < -0.39 is 5.91 Å². The number of hydrogen-bond donors (Lipinski definition) is 1. The fourth-order valence-corrected chi connectivity index (χ4v) is 4.00. The van der Waals surface area contributed by atoms with Crippen LogP contribution in [0.25, 0.3) is 5.69 Å². The van der Waals surface area contributed by atoms with Crippen molar-refractivity contribution >= 4 is 11.8 Å². The third-order valence-corrected chi connectivity index (χ3v) is 5.38. The predicted molar refractivity (Wildman–Crippen MR) is 100 cm³/mol. The Bertz CT molecular complexity index is 873. The molecule has 1 aliphatic heterocycles. The van der Waals surface area contributed by atoms with Crippen LogP contribution in [0.15, 0.2) is 18.2 Å². The number of likely N-dealkylation sites (tertiary alicyclic amines) is 1. The standard InChI is InChI=1S/C20H25N5O2/c21-17(26)12-18-22-19(13-24-10-3-1-2-7-20(24)27)25(23-18)16-9-8-14-5-4-6-15(14)11-16/h8-9,11H,1-7,10,12-13H2,(H2,21,26). The van der Waals surface area contributed by atoms with Gasteiger partial charge in [0.1, 0.15) is 0 Å². The fourth-order valence-electron chi connectivity index (χ4n) is 4.00. The summed E-state index contributed by atoms with van der Waals surface area (Å²) in [5.41, 5.74) is 8.99. The largest absolute Gasteiger partial charge is 0.369 e. The molecule has 1 fully saturated rings. The van der Waals surface area contributed by atoms with Crippen LogP contribution in [0, 0.1) is 0 Å². The Morgan fingerprint density at radius 3 is 2.78 bits per heavy atom. The van der Waals surface area contributed by atoms with Gasteiger partial charge < -0.3 is 10.6 Å². The summed E-state index contributed by atoms with van der Waals surface area (Å²) in [6, 6.07) is 6.34. The number of nitrogens with zero attached hydrogens (tertiary/aromatic N) is 4. The lowest BCUT2D eigenvalue weighted by atomic mass is 10.1. The van der Waals surface area contributed by atoms with Gasteiger partial charge in [-0.1, -0.05) is 12.5 Å². The van der Waals surface area contributed by atoms with Crippen LogP contribution in [-0.4, -0.2) is 38.0 Å². The molecule has 7 heteroatoms. The van der Waals surface area contributed by atoms with Gasteiger partial charge in [0.05, 0.1) is 18.7 Å². The number of primary amides is 1. The van der Waals surface area contributed by atoms with Crippen LogP contribution in [0.3, 0.4) is 0 Å². The number of hydrogen-bond acceptors (Lipinski definition) is 4. The summed E-state index contributed by atoms with van der Waals surface area (Å²) in [5.74, 6) is 0.783. The monoisotopic (exact) mass is 367 g/mol. The summed E-state index contributed by atoms with van der Waals surface area (Å²) >= 11 is 0. The highest BCUT2D eigenvalue weighted by atomic mass is 16.2. The maximum atomic E-state index is 12.4. The second-order valence-electron chi connectivity index (χ2n) is 7.43. The zero-order chi connectivity index (χ0) is 18.8. The van der Waals surface area contributed by atoms with E-state index in [4.69, 9.17) is 5.73 Å². The predicted octanol–water partition coefficient (Wildman–Crippen LogP) is 1.69. The molecule has 142 valence electrons. The minimum atomic E-state index is -0.460. The van der Waals surface area contributed by atoms with E-state index in [0.29, 0.717) is 24.6 Å². The average molecular weight is 367 g/mol. The number of aryl methyl sites for hydroxylation is 2. The molecule has 2 aliphatic rings. The Kier molecular flexibility index (Phi) is 4.92. The number of fused-ring (bicyclic) bond motifs is 1. The lowest BCUT2D eigenvalue weighted by Crippen LogP contribution is -2.31. The molecule has 0 radical (unpaired) electrons. The van der Waals surface area contributed by atoms with Gasteiger partial charge in [0.25, 0.3) is 0 Å². The smallest absolute Gasteiger partial charge is 0.225 e. The molecule has 7 nitrogen and oxygen atoms in total. The second kappa shape index (κ2) is 7.50. The van der Waals surface area contributed by atoms with Crippen molar-refractivity contribution in [2.75, 3.05) is 6.54 Å². The van der Waals surface area contributed by atoms with Crippen molar-refractivity contribution in [1.82, 2.24) is 19.7 Å². The molecule has 0 spiro atoms. The van der Waals surface area contributed by atoms with Gasteiger partial charge in [-0.2, -0.15) is 5.10 Å². The number of carbonyl (C=O) groups excluding carboxylic acids is 2. The van der Waals surface area contributed by atoms with Crippen molar-refractivity contribution in [1.29, 1.82) is 0 Å². The summed E-state index contributed by atoms with van der Waals surface area (Å²) in [6.45, 7) is 1.14. The van der Waals surface area contributed by atoms with Gasteiger partial charge in [-0.05, 0) is 55.4 Å². The first-order valence-corrected chi connectivity index (χ1v) is 9.73. The topological polar surface area (TPSA) is 94.1 Å². The van der Waals surface area contributed by atoms with E-state index in [1.54, 1.807) is 4.68 Å². The number of rotatable bonds is 5. The Balaban J connectivity index is 1.67. The zero-order valence-electron chi connectivity index (χ0n) is 15.5. The number of carbonyl (C=O) groups is 2. The minimum Gasteiger partial charge on any atom is -0.369 e. The van der Waals surface area contributed by atoms with E-state index in [-0.39, 0.29) is 12.3 Å². The van der Waals surface area contributed by atoms with Crippen LogP contribution in [0.1, 0.15) is 54.9 Å². The van der Waals surface area contributed by atoms with Crippen LogP contribution in [0.2, 0.25) is 0 Å². The van der Waals surface area contributed by atoms with Crippen molar-refractivity contribution in [3.63, 3.8) is 0 Å². The number of amides is 2. The van der Waals surface area contributed by atoms with E-state index in [1.165, 1.54) is 17.5 Å². The SMILES string of the molecule is NC(=O)Cc1nc(CN2CCCCCC2=O)n(-c2ccc3c(c2)CCC3)n1. The van der Waals surface area contributed by atoms with Gasteiger partial charge >= 0.3 is 0 Å².